The van der Waals surface area contributed by atoms with Gasteiger partial charge in [-0.05, 0) is 26.3 Å². The first-order chi connectivity index (χ1) is 16.9. The lowest BCUT2D eigenvalue weighted by atomic mass is 10.0. The minimum absolute atomic E-state index is 0.0483. The number of nitrogens with zero attached hydrogens (tertiary/aromatic N) is 5. The van der Waals surface area contributed by atoms with Crippen LogP contribution in [0, 0.1) is 11.3 Å². The van der Waals surface area contributed by atoms with Gasteiger partial charge in [-0.2, -0.15) is 10.4 Å². The molecular weight excluding hydrogens is 479 g/mol. The number of fused-ring (bicyclic) bond motifs is 1. The lowest BCUT2D eigenvalue weighted by Gasteiger charge is -2.24. The maximum Gasteiger partial charge on any atom is 0.275 e. The van der Waals surface area contributed by atoms with Crippen LogP contribution in [0.3, 0.4) is 0 Å². The Hall–Kier alpha value is -3.76. The fraction of sp³-hybridized carbons (Fsp3) is 0.435. The van der Waals surface area contributed by atoms with Crippen molar-refractivity contribution in [1.29, 1.82) is 5.26 Å². The van der Waals surface area contributed by atoms with Gasteiger partial charge < -0.3 is 20.8 Å². The second-order valence-electron chi connectivity index (χ2n) is 9.22. The lowest BCUT2D eigenvalue weighted by Crippen LogP contribution is -2.42. The highest BCUT2D eigenvalue weighted by molar-refractivity contribution is 6.00. The molecule has 2 unspecified atom stereocenters. The summed E-state index contributed by atoms with van der Waals surface area (Å²) < 4.78 is 43.4. The van der Waals surface area contributed by atoms with Gasteiger partial charge in [0, 0.05) is 18.8 Å². The number of amides is 1. The summed E-state index contributed by atoms with van der Waals surface area (Å²) in [5.41, 5.74) is -0.280. The maximum atomic E-state index is 14.2. The molecule has 3 aromatic rings. The molecule has 4 rings (SSSR count). The number of aromatic nitrogens is 4. The molecule has 0 bridgehead atoms. The molecule has 0 aromatic carbocycles. The highest BCUT2D eigenvalue weighted by Crippen LogP contribution is 2.37. The van der Waals surface area contributed by atoms with Gasteiger partial charge in [0.25, 0.3) is 11.8 Å². The number of aliphatic hydroxyl groups excluding tert-OH is 1. The molecule has 36 heavy (non-hydrogen) atoms. The first-order valence-electron chi connectivity index (χ1n) is 11.1. The van der Waals surface area contributed by atoms with E-state index < -0.39 is 48.7 Å². The summed E-state index contributed by atoms with van der Waals surface area (Å²) in [7, 11) is 0. The summed E-state index contributed by atoms with van der Waals surface area (Å²) in [6.45, 7) is 2.03. The molecule has 3 atom stereocenters. The Morgan fingerprint density at radius 3 is 2.75 bits per heavy atom. The Bertz CT molecular complexity index is 1330. The number of nitriles is 1. The fourth-order valence-electron chi connectivity index (χ4n) is 3.84. The quantitative estimate of drug-likeness (QED) is 0.383. The minimum atomic E-state index is -3.28. The number of nitrogens with one attached hydrogen (secondary N) is 2. The molecule has 10 nitrogen and oxygen atoms in total. The van der Waals surface area contributed by atoms with E-state index in [1.54, 1.807) is 0 Å². The van der Waals surface area contributed by atoms with Crippen molar-refractivity contribution in [2.75, 3.05) is 11.9 Å². The number of hydrogen-bond acceptors (Lipinski definition) is 8. The first kappa shape index (κ1) is 25.3. The molecule has 0 saturated heterocycles. The van der Waals surface area contributed by atoms with Crippen LogP contribution in [-0.2, 0) is 0 Å². The summed E-state index contributed by atoms with van der Waals surface area (Å²) in [5, 5.41) is 38.2. The number of rotatable bonds is 7. The smallest absolute Gasteiger partial charge is 0.275 e. The van der Waals surface area contributed by atoms with Crippen LogP contribution in [0.1, 0.15) is 42.6 Å². The van der Waals surface area contributed by atoms with E-state index in [9.17, 15) is 28.2 Å². The third kappa shape index (κ3) is 4.95. The van der Waals surface area contributed by atoms with Crippen molar-refractivity contribution >= 4 is 17.2 Å². The van der Waals surface area contributed by atoms with Crippen LogP contribution in [0.5, 0.6) is 0 Å². The maximum absolute atomic E-state index is 14.2. The van der Waals surface area contributed by atoms with Crippen molar-refractivity contribution in [2.45, 2.75) is 56.5 Å². The van der Waals surface area contributed by atoms with Gasteiger partial charge in [-0.15, -0.1) is 0 Å². The van der Waals surface area contributed by atoms with Gasteiger partial charge in [0.2, 0.25) is 0 Å². The second-order valence-corrected chi connectivity index (χ2v) is 9.22. The van der Waals surface area contributed by atoms with E-state index in [4.69, 9.17) is 5.26 Å². The summed E-state index contributed by atoms with van der Waals surface area (Å²) in [5.74, 6) is -4.03. The van der Waals surface area contributed by atoms with Crippen LogP contribution < -0.4 is 10.6 Å². The molecule has 3 heterocycles. The zero-order valence-corrected chi connectivity index (χ0v) is 19.4. The highest BCUT2D eigenvalue weighted by Gasteiger charge is 2.49. The Labute approximate surface area is 203 Å². The van der Waals surface area contributed by atoms with Crippen LogP contribution in [-0.4, -0.2) is 72.1 Å². The van der Waals surface area contributed by atoms with Gasteiger partial charge in [0.05, 0.1) is 58.7 Å². The number of carbonyl (C=O) groups excluding carboxylic acids is 1. The van der Waals surface area contributed by atoms with Crippen LogP contribution in [0.15, 0.2) is 30.9 Å². The van der Waals surface area contributed by atoms with Gasteiger partial charge in [0.1, 0.15) is 18.3 Å². The molecule has 1 fully saturated rings. The van der Waals surface area contributed by atoms with Crippen molar-refractivity contribution < 1.29 is 28.2 Å². The van der Waals surface area contributed by atoms with Crippen molar-refractivity contribution in [3.63, 3.8) is 0 Å². The SMILES string of the molecule is CC(C)(O)[C@H](F)CNC(=O)c1cnc(-c2cnn3cc(C#N)cnc23)cc1NC1CCC(F)(F)C1O. The molecule has 0 aliphatic heterocycles. The molecule has 1 amide bonds. The lowest BCUT2D eigenvalue weighted by molar-refractivity contribution is -0.0876. The number of pyridine rings is 1. The third-order valence-corrected chi connectivity index (χ3v) is 6.06. The predicted molar refractivity (Wildman–Crippen MR) is 122 cm³/mol. The van der Waals surface area contributed by atoms with E-state index in [0.29, 0.717) is 16.9 Å². The molecule has 1 aliphatic carbocycles. The Morgan fingerprint density at radius 1 is 1.36 bits per heavy atom. The van der Waals surface area contributed by atoms with E-state index in [1.165, 1.54) is 49.2 Å². The van der Waals surface area contributed by atoms with Crippen LogP contribution >= 0.6 is 0 Å². The molecule has 0 spiro atoms. The van der Waals surface area contributed by atoms with Crippen molar-refractivity contribution in [1.82, 2.24) is 24.9 Å². The monoisotopic (exact) mass is 503 g/mol. The fourth-order valence-corrected chi connectivity index (χ4v) is 3.84. The van der Waals surface area contributed by atoms with Gasteiger partial charge in [0.15, 0.2) is 5.65 Å². The van der Waals surface area contributed by atoms with Gasteiger partial charge in [-0.1, -0.05) is 0 Å². The molecule has 13 heteroatoms. The first-order valence-corrected chi connectivity index (χ1v) is 11.1. The average Bonchev–Trinajstić information content (AvgIpc) is 3.37. The highest BCUT2D eigenvalue weighted by atomic mass is 19.3. The van der Waals surface area contributed by atoms with Crippen LogP contribution in [0.2, 0.25) is 0 Å². The van der Waals surface area contributed by atoms with Crippen molar-refractivity contribution in [2.24, 2.45) is 0 Å². The Balaban J connectivity index is 1.69. The van der Waals surface area contributed by atoms with E-state index in [-0.39, 0.29) is 23.2 Å². The van der Waals surface area contributed by atoms with Crippen LogP contribution in [0.4, 0.5) is 18.9 Å². The molecule has 0 radical (unpaired) electrons. The third-order valence-electron chi connectivity index (χ3n) is 6.06. The standard InChI is InChI=1S/C23H24F3N7O3/c1-22(2,36)18(24)10-30-21(35)14-8-28-16(5-17(14)32-15-3-4-23(25,26)19(15)34)13-9-31-33-11-12(6-27)7-29-20(13)33/h5,7-9,11,15,18-19,34,36H,3-4,10H2,1-2H3,(H,28,32)(H,30,35)/t15?,18-,19?/m1/s1. The van der Waals surface area contributed by atoms with E-state index in [0.717, 1.165) is 0 Å². The summed E-state index contributed by atoms with van der Waals surface area (Å²) in [6, 6.07) is 2.34. The van der Waals surface area contributed by atoms with E-state index >= 15 is 0 Å². The molecule has 1 saturated carbocycles. The van der Waals surface area contributed by atoms with Gasteiger partial charge >= 0.3 is 0 Å². The minimum Gasteiger partial charge on any atom is -0.387 e. The van der Waals surface area contributed by atoms with E-state index in [2.05, 4.69) is 25.7 Å². The molecule has 190 valence electrons. The van der Waals surface area contributed by atoms with Gasteiger partial charge in [-0.3, -0.25) is 9.78 Å². The van der Waals surface area contributed by atoms with E-state index in [1.807, 2.05) is 6.07 Å². The largest absolute Gasteiger partial charge is 0.387 e. The summed E-state index contributed by atoms with van der Waals surface area (Å²) in [4.78, 5) is 21.3. The van der Waals surface area contributed by atoms with Crippen LogP contribution in [0.25, 0.3) is 16.9 Å². The topological polar surface area (TPSA) is 148 Å². The second kappa shape index (κ2) is 9.36. The molecule has 1 aliphatic rings. The normalized spacial score (nSPS) is 20.2. The summed E-state index contributed by atoms with van der Waals surface area (Å²) in [6.07, 6.45) is 1.16. The zero-order valence-electron chi connectivity index (χ0n) is 19.4. The number of hydrogen-bond donors (Lipinski definition) is 4. The number of aliphatic hydroxyl groups is 2. The number of anilines is 1. The summed E-state index contributed by atoms with van der Waals surface area (Å²) >= 11 is 0. The molecular formula is C23H24F3N7O3. The number of halogens is 3. The number of alkyl halides is 3. The Kier molecular flexibility index (Phi) is 6.59. The number of carbonyl (C=O) groups is 1. The molecule has 3 aromatic heterocycles. The zero-order chi connectivity index (χ0) is 26.3. The van der Waals surface area contributed by atoms with Crippen molar-refractivity contribution in [3.8, 4) is 17.3 Å². The average molecular weight is 503 g/mol. The predicted octanol–water partition coefficient (Wildman–Crippen LogP) is 2.07. The van der Waals surface area contributed by atoms with Gasteiger partial charge in [-0.25, -0.2) is 22.7 Å². The van der Waals surface area contributed by atoms with Crippen molar-refractivity contribution in [3.05, 3.63) is 42.0 Å². The Morgan fingerprint density at radius 2 is 2.11 bits per heavy atom. The molecule has 4 N–H and O–H groups in total.